The first kappa shape index (κ1) is 17.2. The quantitative estimate of drug-likeness (QED) is 0.727. The van der Waals surface area contributed by atoms with Crippen LogP contribution in [-0.2, 0) is 6.42 Å². The molecule has 1 N–H and O–H groups in total. The molecule has 0 bridgehead atoms. The number of amides is 1. The molecule has 0 aliphatic heterocycles. The predicted octanol–water partition coefficient (Wildman–Crippen LogP) is 4.10. The summed E-state index contributed by atoms with van der Waals surface area (Å²) in [5.41, 5.74) is 3.66. The Morgan fingerprint density at radius 2 is 1.92 bits per heavy atom. The number of aryl methyl sites for hydroxylation is 1. The van der Waals surface area contributed by atoms with Crippen LogP contribution in [0.3, 0.4) is 0 Å². The lowest BCUT2D eigenvalue weighted by molar-refractivity contribution is 0.0953. The first-order chi connectivity index (χ1) is 12.2. The standard InChI is InChI=1S/C20H20N2O2S/c1-14-7-3-4-8-16(14)19(23)21-12-11-15-13-25-20(22-15)17-9-5-6-10-18(17)24-2/h3-10,13H,11-12H2,1-2H3,(H,21,23). The molecule has 25 heavy (non-hydrogen) atoms. The lowest BCUT2D eigenvalue weighted by Crippen LogP contribution is -2.26. The van der Waals surface area contributed by atoms with Crippen LogP contribution in [0.25, 0.3) is 10.6 Å². The van der Waals surface area contributed by atoms with Crippen molar-refractivity contribution in [3.8, 4) is 16.3 Å². The maximum atomic E-state index is 12.2. The van der Waals surface area contributed by atoms with Crippen molar-refractivity contribution < 1.29 is 9.53 Å². The van der Waals surface area contributed by atoms with Gasteiger partial charge in [-0.2, -0.15) is 0 Å². The minimum atomic E-state index is -0.0433. The highest BCUT2D eigenvalue weighted by atomic mass is 32.1. The molecule has 3 aromatic rings. The van der Waals surface area contributed by atoms with E-state index in [1.54, 1.807) is 18.4 Å². The molecule has 0 aliphatic carbocycles. The Kier molecular flexibility index (Phi) is 5.46. The zero-order valence-electron chi connectivity index (χ0n) is 14.3. The van der Waals surface area contributed by atoms with E-state index in [1.807, 2.05) is 60.8 Å². The second kappa shape index (κ2) is 7.94. The Morgan fingerprint density at radius 3 is 2.72 bits per heavy atom. The lowest BCUT2D eigenvalue weighted by atomic mass is 10.1. The summed E-state index contributed by atoms with van der Waals surface area (Å²) in [7, 11) is 1.66. The zero-order valence-corrected chi connectivity index (χ0v) is 15.1. The van der Waals surface area contributed by atoms with E-state index in [2.05, 4.69) is 10.3 Å². The molecule has 0 radical (unpaired) electrons. The maximum absolute atomic E-state index is 12.2. The highest BCUT2D eigenvalue weighted by Gasteiger charge is 2.11. The number of ether oxygens (including phenoxy) is 1. The van der Waals surface area contributed by atoms with Crippen LogP contribution in [0, 0.1) is 6.92 Å². The van der Waals surface area contributed by atoms with E-state index < -0.39 is 0 Å². The molecule has 0 atom stereocenters. The van der Waals surface area contributed by atoms with Crippen molar-refractivity contribution in [1.82, 2.24) is 10.3 Å². The normalized spacial score (nSPS) is 10.5. The van der Waals surface area contributed by atoms with Gasteiger partial charge in [0.2, 0.25) is 0 Å². The van der Waals surface area contributed by atoms with Gasteiger partial charge in [0, 0.05) is 23.9 Å². The average Bonchev–Trinajstić information content (AvgIpc) is 3.10. The summed E-state index contributed by atoms with van der Waals surface area (Å²) in [6.07, 6.45) is 0.698. The number of aromatic nitrogens is 1. The maximum Gasteiger partial charge on any atom is 0.251 e. The van der Waals surface area contributed by atoms with Gasteiger partial charge < -0.3 is 10.1 Å². The van der Waals surface area contributed by atoms with E-state index in [0.29, 0.717) is 13.0 Å². The fourth-order valence-corrected chi connectivity index (χ4v) is 3.48. The number of nitrogens with one attached hydrogen (secondary N) is 1. The largest absolute Gasteiger partial charge is 0.496 e. The summed E-state index contributed by atoms with van der Waals surface area (Å²) in [4.78, 5) is 16.9. The summed E-state index contributed by atoms with van der Waals surface area (Å²) >= 11 is 1.59. The fraction of sp³-hybridized carbons (Fsp3) is 0.200. The van der Waals surface area contributed by atoms with Crippen LogP contribution in [0.2, 0.25) is 0 Å². The molecule has 0 spiro atoms. The van der Waals surface area contributed by atoms with Crippen molar-refractivity contribution in [3.05, 3.63) is 70.7 Å². The number of nitrogens with zero attached hydrogens (tertiary/aromatic N) is 1. The molecule has 1 amide bonds. The molecular weight excluding hydrogens is 332 g/mol. The van der Waals surface area contributed by atoms with E-state index in [1.165, 1.54) is 0 Å². The van der Waals surface area contributed by atoms with Gasteiger partial charge in [0.1, 0.15) is 10.8 Å². The molecule has 4 nitrogen and oxygen atoms in total. The van der Waals surface area contributed by atoms with Crippen LogP contribution in [0.15, 0.2) is 53.9 Å². The SMILES string of the molecule is COc1ccccc1-c1nc(CCNC(=O)c2ccccc2C)cs1. The number of hydrogen-bond donors (Lipinski definition) is 1. The molecule has 0 saturated heterocycles. The van der Waals surface area contributed by atoms with Crippen LogP contribution in [0.5, 0.6) is 5.75 Å². The van der Waals surface area contributed by atoms with E-state index in [4.69, 9.17) is 4.74 Å². The Balaban J connectivity index is 1.61. The van der Waals surface area contributed by atoms with Crippen LogP contribution >= 0.6 is 11.3 Å². The molecule has 0 saturated carbocycles. The molecule has 1 aromatic heterocycles. The molecule has 5 heteroatoms. The number of carbonyl (C=O) groups is 1. The van der Waals surface area contributed by atoms with Crippen molar-refractivity contribution in [3.63, 3.8) is 0 Å². The highest BCUT2D eigenvalue weighted by Crippen LogP contribution is 2.31. The summed E-state index contributed by atoms with van der Waals surface area (Å²) in [5, 5.41) is 5.92. The Labute approximate surface area is 151 Å². The van der Waals surface area contributed by atoms with Gasteiger partial charge in [-0.25, -0.2) is 4.98 Å². The minimum absolute atomic E-state index is 0.0433. The van der Waals surface area contributed by atoms with E-state index in [-0.39, 0.29) is 5.91 Å². The van der Waals surface area contributed by atoms with Crippen molar-refractivity contribution in [2.75, 3.05) is 13.7 Å². The van der Waals surface area contributed by atoms with Gasteiger partial charge in [-0.3, -0.25) is 4.79 Å². The van der Waals surface area contributed by atoms with Crippen molar-refractivity contribution in [2.24, 2.45) is 0 Å². The second-order valence-corrected chi connectivity index (χ2v) is 6.52. The number of methoxy groups -OCH3 is 1. The number of benzene rings is 2. The van der Waals surface area contributed by atoms with Crippen LogP contribution in [0.1, 0.15) is 21.6 Å². The summed E-state index contributed by atoms with van der Waals surface area (Å²) in [6, 6.07) is 15.4. The Hall–Kier alpha value is -2.66. The van der Waals surface area contributed by atoms with E-state index >= 15 is 0 Å². The van der Waals surface area contributed by atoms with Crippen LogP contribution < -0.4 is 10.1 Å². The fourth-order valence-electron chi connectivity index (χ4n) is 2.59. The Bertz CT molecular complexity index is 873. The third-order valence-electron chi connectivity index (χ3n) is 3.95. The molecule has 0 aliphatic rings. The molecular formula is C20H20N2O2S. The molecule has 1 heterocycles. The van der Waals surface area contributed by atoms with E-state index in [0.717, 1.165) is 33.1 Å². The average molecular weight is 352 g/mol. The van der Waals surface area contributed by atoms with Gasteiger partial charge in [-0.15, -0.1) is 11.3 Å². The van der Waals surface area contributed by atoms with Gasteiger partial charge in [0.05, 0.1) is 18.4 Å². The third-order valence-corrected chi connectivity index (χ3v) is 4.87. The predicted molar refractivity (Wildman–Crippen MR) is 101 cm³/mol. The number of rotatable bonds is 6. The minimum Gasteiger partial charge on any atom is -0.496 e. The van der Waals surface area contributed by atoms with Crippen LogP contribution in [0.4, 0.5) is 0 Å². The van der Waals surface area contributed by atoms with Crippen molar-refractivity contribution in [2.45, 2.75) is 13.3 Å². The van der Waals surface area contributed by atoms with Crippen molar-refractivity contribution >= 4 is 17.2 Å². The van der Waals surface area contributed by atoms with Gasteiger partial charge >= 0.3 is 0 Å². The Morgan fingerprint density at radius 1 is 1.16 bits per heavy atom. The smallest absolute Gasteiger partial charge is 0.251 e. The highest BCUT2D eigenvalue weighted by molar-refractivity contribution is 7.13. The van der Waals surface area contributed by atoms with Gasteiger partial charge in [0.15, 0.2) is 0 Å². The number of thiazole rings is 1. The molecule has 128 valence electrons. The number of para-hydroxylation sites is 1. The summed E-state index contributed by atoms with van der Waals surface area (Å²) < 4.78 is 5.39. The summed E-state index contributed by atoms with van der Waals surface area (Å²) in [6.45, 7) is 2.50. The van der Waals surface area contributed by atoms with Gasteiger partial charge in [-0.05, 0) is 30.7 Å². The third kappa shape index (κ3) is 4.06. The summed E-state index contributed by atoms with van der Waals surface area (Å²) in [5.74, 6) is 0.773. The molecule has 3 rings (SSSR count). The first-order valence-electron chi connectivity index (χ1n) is 8.10. The monoisotopic (exact) mass is 352 g/mol. The lowest BCUT2D eigenvalue weighted by Gasteiger charge is -2.06. The first-order valence-corrected chi connectivity index (χ1v) is 8.98. The van der Waals surface area contributed by atoms with Gasteiger partial charge in [-0.1, -0.05) is 30.3 Å². The topological polar surface area (TPSA) is 51.2 Å². The second-order valence-electron chi connectivity index (χ2n) is 5.67. The zero-order chi connectivity index (χ0) is 17.6. The number of carbonyl (C=O) groups excluding carboxylic acids is 1. The molecule has 0 fully saturated rings. The number of hydrogen-bond acceptors (Lipinski definition) is 4. The molecule has 2 aromatic carbocycles. The molecule has 0 unspecified atom stereocenters. The van der Waals surface area contributed by atoms with E-state index in [9.17, 15) is 4.79 Å². The van der Waals surface area contributed by atoms with Gasteiger partial charge in [0.25, 0.3) is 5.91 Å². The van der Waals surface area contributed by atoms with Crippen LogP contribution in [-0.4, -0.2) is 24.5 Å². The van der Waals surface area contributed by atoms with Crippen molar-refractivity contribution in [1.29, 1.82) is 0 Å².